The number of hydrogen-bond acceptors (Lipinski definition) is 10. The topological polar surface area (TPSA) is 155 Å². The number of halogens is 2. The molecule has 2 amide bonds. The van der Waals surface area contributed by atoms with Gasteiger partial charge in [0.25, 0.3) is 5.91 Å². The maximum Gasteiger partial charge on any atom is 0.586 e. The van der Waals surface area contributed by atoms with Crippen LogP contribution in [0.2, 0.25) is 0 Å². The number of primary amides is 1. The Bertz CT molecular complexity index is 2000. The minimum atomic E-state index is -3.82. The smallest absolute Gasteiger partial charge is 0.494 e. The standard InChI is InChI=1S/C33H30F2N4O7S/c1-31(30(36)41)14-44-27-19(31)12-24(38-25(27)16-5-8-20-21(9-16)46-33(34,35)45-20)32(42,18-6-7-18)13-37-28(40)17-10-22(43-2)26-23(11-17)47-29(39-26)15-3-4-15/h5,8-12,15,18,42H,3-4,6-7,13-14H2,1-2H3,(H2,36,41)(H,37,40)/t31-,32?/m0/s1. The highest BCUT2D eigenvalue weighted by atomic mass is 32.1. The number of nitrogens with one attached hydrogen (secondary N) is 1. The average Bonchev–Trinajstić information content (AvgIpc) is 3.97. The van der Waals surface area contributed by atoms with Gasteiger partial charge in [-0.1, -0.05) is 0 Å². The Morgan fingerprint density at radius 3 is 2.60 bits per heavy atom. The predicted molar refractivity (Wildman–Crippen MR) is 165 cm³/mol. The second kappa shape index (κ2) is 10.2. The van der Waals surface area contributed by atoms with E-state index in [1.54, 1.807) is 36.5 Å². The summed E-state index contributed by atoms with van der Waals surface area (Å²) >= 11 is 1.55. The lowest BCUT2D eigenvalue weighted by Crippen LogP contribution is -2.44. The van der Waals surface area contributed by atoms with Crippen LogP contribution in [0.1, 0.15) is 65.1 Å². The van der Waals surface area contributed by atoms with Crippen LogP contribution in [-0.2, 0) is 15.8 Å². The molecule has 2 aromatic carbocycles. The zero-order chi connectivity index (χ0) is 32.9. The van der Waals surface area contributed by atoms with Gasteiger partial charge in [0.05, 0.1) is 29.1 Å². The van der Waals surface area contributed by atoms with Gasteiger partial charge in [0.1, 0.15) is 40.3 Å². The number of aliphatic hydroxyl groups is 1. The van der Waals surface area contributed by atoms with Gasteiger partial charge in [-0.25, -0.2) is 9.97 Å². The van der Waals surface area contributed by atoms with Crippen molar-refractivity contribution in [2.45, 2.75) is 55.8 Å². The van der Waals surface area contributed by atoms with Crippen LogP contribution in [0.25, 0.3) is 21.5 Å². The molecule has 2 aromatic heterocycles. The van der Waals surface area contributed by atoms with E-state index >= 15 is 0 Å². The zero-order valence-corrected chi connectivity index (χ0v) is 26.2. The molecule has 4 N–H and O–H groups in total. The maximum absolute atomic E-state index is 13.8. The number of aromatic nitrogens is 2. The number of carbonyl (C=O) groups is 2. The summed E-state index contributed by atoms with van der Waals surface area (Å²) in [5, 5.41) is 16.2. The number of nitrogens with two attached hydrogens (primary N) is 1. The van der Waals surface area contributed by atoms with Gasteiger partial charge in [-0.15, -0.1) is 20.1 Å². The average molecular weight is 665 g/mol. The zero-order valence-electron chi connectivity index (χ0n) is 25.4. The van der Waals surface area contributed by atoms with E-state index in [0.29, 0.717) is 46.7 Å². The summed E-state index contributed by atoms with van der Waals surface area (Å²) in [6, 6.07) is 9.17. The molecule has 2 aliphatic heterocycles. The van der Waals surface area contributed by atoms with Gasteiger partial charge in [0.2, 0.25) is 5.91 Å². The highest BCUT2D eigenvalue weighted by Gasteiger charge is 2.50. The molecule has 4 heterocycles. The van der Waals surface area contributed by atoms with Crippen molar-refractivity contribution >= 4 is 33.4 Å². The largest absolute Gasteiger partial charge is 0.586 e. The fourth-order valence-corrected chi connectivity index (χ4v) is 7.42. The van der Waals surface area contributed by atoms with Crippen molar-refractivity contribution in [3.05, 3.63) is 58.2 Å². The number of nitrogens with zero attached hydrogens (tertiary/aromatic N) is 2. The van der Waals surface area contributed by atoms with Gasteiger partial charge in [0.15, 0.2) is 11.5 Å². The summed E-state index contributed by atoms with van der Waals surface area (Å²) in [6.07, 6.45) is -0.273. The third-order valence-corrected chi connectivity index (χ3v) is 10.6. The number of benzene rings is 2. The number of methoxy groups -OCH3 is 1. The molecule has 2 saturated carbocycles. The SMILES string of the molecule is COc1cc(C(=O)NCC(O)(c2cc3c(c(-c4ccc5c(c4)OC(F)(F)O5)n2)OC[C@]3(C)C(N)=O)C2CC2)cc2sc(C3CC3)nc12. The first-order chi connectivity index (χ1) is 22.4. The third-order valence-electron chi connectivity index (χ3n) is 9.39. The van der Waals surface area contributed by atoms with E-state index in [-0.39, 0.29) is 47.7 Å². The number of carbonyl (C=O) groups excluding carboxylic acids is 2. The van der Waals surface area contributed by atoms with E-state index < -0.39 is 29.1 Å². The minimum Gasteiger partial charge on any atom is -0.494 e. The van der Waals surface area contributed by atoms with Crippen LogP contribution in [0.3, 0.4) is 0 Å². The van der Waals surface area contributed by atoms with Crippen molar-refractivity contribution in [1.29, 1.82) is 0 Å². The van der Waals surface area contributed by atoms with E-state index in [0.717, 1.165) is 22.5 Å². The van der Waals surface area contributed by atoms with Gasteiger partial charge < -0.3 is 35.1 Å². The number of amides is 2. The van der Waals surface area contributed by atoms with Gasteiger partial charge in [-0.2, -0.15) is 0 Å². The van der Waals surface area contributed by atoms with E-state index in [1.165, 1.54) is 25.3 Å². The summed E-state index contributed by atoms with van der Waals surface area (Å²) in [7, 11) is 1.53. The van der Waals surface area contributed by atoms with Gasteiger partial charge >= 0.3 is 6.29 Å². The Morgan fingerprint density at radius 2 is 1.89 bits per heavy atom. The predicted octanol–water partition coefficient (Wildman–Crippen LogP) is 4.73. The first-order valence-electron chi connectivity index (χ1n) is 15.3. The monoisotopic (exact) mass is 664 g/mol. The first kappa shape index (κ1) is 29.8. The summed E-state index contributed by atoms with van der Waals surface area (Å²) in [6.45, 7) is 1.35. The van der Waals surface area contributed by atoms with Crippen LogP contribution >= 0.6 is 11.3 Å². The Morgan fingerprint density at radius 1 is 1.13 bits per heavy atom. The van der Waals surface area contributed by atoms with Crippen molar-refractivity contribution in [2.24, 2.45) is 11.7 Å². The molecule has 0 spiro atoms. The molecule has 4 aliphatic rings. The normalized spacial score (nSPS) is 22.0. The summed E-state index contributed by atoms with van der Waals surface area (Å²) in [5.74, 6) is -0.496. The number of hydrogen-bond donors (Lipinski definition) is 3. The van der Waals surface area contributed by atoms with Gasteiger partial charge in [-0.3, -0.25) is 9.59 Å². The van der Waals surface area contributed by atoms with Crippen LogP contribution in [0, 0.1) is 5.92 Å². The Balaban J connectivity index is 1.16. The van der Waals surface area contributed by atoms with Gasteiger partial charge in [0, 0.05) is 22.6 Å². The second-order valence-electron chi connectivity index (χ2n) is 12.8. The molecular weight excluding hydrogens is 634 g/mol. The number of thiazole rings is 1. The fourth-order valence-electron chi connectivity index (χ4n) is 6.23. The number of fused-ring (bicyclic) bond motifs is 3. The third kappa shape index (κ3) is 4.92. The second-order valence-corrected chi connectivity index (χ2v) is 13.8. The van der Waals surface area contributed by atoms with E-state index in [4.69, 9.17) is 25.2 Å². The maximum atomic E-state index is 13.8. The van der Waals surface area contributed by atoms with Crippen molar-refractivity contribution in [1.82, 2.24) is 15.3 Å². The quantitative estimate of drug-likeness (QED) is 0.230. The molecule has 14 heteroatoms. The van der Waals surface area contributed by atoms with E-state index in [1.807, 2.05) is 0 Å². The summed E-state index contributed by atoms with van der Waals surface area (Å²) in [5.41, 5.74) is 5.08. The molecule has 2 atom stereocenters. The van der Waals surface area contributed by atoms with Crippen LogP contribution in [0.5, 0.6) is 23.0 Å². The Labute approximate surface area is 271 Å². The lowest BCUT2D eigenvalue weighted by Gasteiger charge is -2.30. The van der Waals surface area contributed by atoms with Crippen molar-refractivity contribution in [2.75, 3.05) is 20.3 Å². The summed E-state index contributed by atoms with van der Waals surface area (Å²) < 4.78 is 49.2. The molecule has 2 fully saturated rings. The van der Waals surface area contributed by atoms with E-state index in [2.05, 4.69) is 14.8 Å². The minimum absolute atomic E-state index is 0.0820. The lowest BCUT2D eigenvalue weighted by atomic mass is 9.81. The number of alkyl halides is 2. The van der Waals surface area contributed by atoms with Crippen LogP contribution in [0.4, 0.5) is 8.78 Å². The molecule has 4 aromatic rings. The van der Waals surface area contributed by atoms with Crippen LogP contribution in [0.15, 0.2) is 36.4 Å². The highest BCUT2D eigenvalue weighted by Crippen LogP contribution is 2.51. The first-order valence-corrected chi connectivity index (χ1v) is 16.1. The molecule has 1 unspecified atom stereocenters. The van der Waals surface area contributed by atoms with Crippen LogP contribution in [-0.4, -0.2) is 53.4 Å². The molecule has 8 rings (SSSR count). The molecule has 244 valence electrons. The highest BCUT2D eigenvalue weighted by molar-refractivity contribution is 7.18. The summed E-state index contributed by atoms with van der Waals surface area (Å²) in [4.78, 5) is 35.8. The molecule has 2 aliphatic carbocycles. The molecule has 0 bridgehead atoms. The van der Waals surface area contributed by atoms with E-state index in [9.17, 15) is 23.5 Å². The van der Waals surface area contributed by atoms with Crippen molar-refractivity contribution in [3.63, 3.8) is 0 Å². The Hall–Kier alpha value is -4.56. The lowest BCUT2D eigenvalue weighted by molar-refractivity contribution is -0.286. The van der Waals surface area contributed by atoms with Crippen molar-refractivity contribution < 1.29 is 42.4 Å². The number of ether oxygens (including phenoxy) is 4. The van der Waals surface area contributed by atoms with Crippen molar-refractivity contribution in [3.8, 4) is 34.3 Å². The van der Waals surface area contributed by atoms with Gasteiger partial charge in [-0.05, 0) is 74.9 Å². The number of rotatable bonds is 9. The molecule has 47 heavy (non-hydrogen) atoms. The fraction of sp³-hybridized carbons (Fsp3) is 0.394. The molecule has 11 nitrogen and oxygen atoms in total. The molecule has 0 saturated heterocycles. The Kier molecular flexibility index (Phi) is 6.48. The number of pyridine rings is 1. The molecular formula is C33H30F2N4O7S. The van der Waals surface area contributed by atoms with Crippen LogP contribution < -0.4 is 30.0 Å². The molecule has 0 radical (unpaired) electrons.